The molecule has 7 heteroatoms. The number of aromatic nitrogens is 2. The number of carbonyl (C=O) groups excluding carboxylic acids is 1. The summed E-state index contributed by atoms with van der Waals surface area (Å²) in [5, 5.41) is 14.1. The number of amides is 1. The first-order valence-electron chi connectivity index (χ1n) is 9.63. The van der Waals surface area contributed by atoms with Crippen molar-refractivity contribution in [2.75, 3.05) is 35.7 Å². The van der Waals surface area contributed by atoms with Crippen LogP contribution in [0.2, 0.25) is 0 Å². The lowest BCUT2D eigenvalue weighted by molar-refractivity contribution is 0.102. The fourth-order valence-electron chi connectivity index (χ4n) is 3.33. The summed E-state index contributed by atoms with van der Waals surface area (Å²) in [5.41, 5.74) is 2.95. The molecule has 0 aliphatic carbocycles. The Labute approximate surface area is 169 Å². The number of benzene rings is 2. The summed E-state index contributed by atoms with van der Waals surface area (Å²) < 4.78 is 5.31. The number of hydrogen-bond acceptors (Lipinski definition) is 6. The molecule has 0 unspecified atom stereocenters. The van der Waals surface area contributed by atoms with Crippen LogP contribution in [-0.4, -0.2) is 36.3 Å². The molecule has 29 heavy (non-hydrogen) atoms. The number of hydrogen-bond donors (Lipinski definition) is 2. The van der Waals surface area contributed by atoms with E-state index in [1.807, 2.05) is 48.5 Å². The van der Waals surface area contributed by atoms with Gasteiger partial charge in [-0.15, -0.1) is 10.2 Å². The van der Waals surface area contributed by atoms with Gasteiger partial charge in [-0.1, -0.05) is 12.1 Å². The van der Waals surface area contributed by atoms with Crippen molar-refractivity contribution in [2.45, 2.75) is 12.8 Å². The molecule has 0 radical (unpaired) electrons. The van der Waals surface area contributed by atoms with Gasteiger partial charge in [-0.25, -0.2) is 0 Å². The Morgan fingerprint density at radius 3 is 2.41 bits per heavy atom. The summed E-state index contributed by atoms with van der Waals surface area (Å²) in [5.74, 6) is 0.935. The summed E-state index contributed by atoms with van der Waals surface area (Å²) in [6.45, 7) is 2.19. The maximum absolute atomic E-state index is 12.5. The molecule has 1 aliphatic heterocycles. The molecule has 0 atom stereocenters. The fourth-order valence-corrected chi connectivity index (χ4v) is 3.33. The van der Waals surface area contributed by atoms with E-state index >= 15 is 0 Å². The summed E-state index contributed by atoms with van der Waals surface area (Å²) in [6, 6.07) is 18.8. The van der Waals surface area contributed by atoms with Crippen molar-refractivity contribution >= 4 is 28.8 Å². The van der Waals surface area contributed by atoms with Crippen LogP contribution >= 0.6 is 0 Å². The number of ether oxygens (including phenoxy) is 1. The van der Waals surface area contributed by atoms with Gasteiger partial charge in [0.15, 0.2) is 11.5 Å². The van der Waals surface area contributed by atoms with Crippen LogP contribution in [0.25, 0.3) is 0 Å². The van der Waals surface area contributed by atoms with Crippen molar-refractivity contribution in [3.63, 3.8) is 0 Å². The van der Waals surface area contributed by atoms with E-state index in [1.165, 1.54) is 18.5 Å². The molecule has 1 aromatic heterocycles. The van der Waals surface area contributed by atoms with Crippen molar-refractivity contribution in [1.29, 1.82) is 0 Å². The van der Waals surface area contributed by atoms with Crippen molar-refractivity contribution in [2.24, 2.45) is 0 Å². The van der Waals surface area contributed by atoms with Gasteiger partial charge in [0.1, 0.15) is 5.75 Å². The van der Waals surface area contributed by atoms with Crippen molar-refractivity contribution in [1.82, 2.24) is 10.2 Å². The van der Waals surface area contributed by atoms with E-state index in [1.54, 1.807) is 19.2 Å². The molecule has 2 heterocycles. The fraction of sp³-hybridized carbons (Fsp3) is 0.227. The van der Waals surface area contributed by atoms with Crippen molar-refractivity contribution in [3.8, 4) is 5.75 Å². The molecule has 1 amide bonds. The van der Waals surface area contributed by atoms with Crippen LogP contribution in [0.5, 0.6) is 5.75 Å². The summed E-state index contributed by atoms with van der Waals surface area (Å²) >= 11 is 0. The van der Waals surface area contributed by atoms with E-state index in [0.29, 0.717) is 11.6 Å². The van der Waals surface area contributed by atoms with Gasteiger partial charge >= 0.3 is 0 Å². The molecule has 1 aliphatic rings. The average molecular weight is 389 g/mol. The van der Waals surface area contributed by atoms with E-state index in [9.17, 15) is 4.79 Å². The average Bonchev–Trinajstić information content (AvgIpc) is 3.30. The summed E-state index contributed by atoms with van der Waals surface area (Å²) in [4.78, 5) is 14.8. The monoisotopic (exact) mass is 389 g/mol. The zero-order chi connectivity index (χ0) is 20.1. The standard InChI is InChI=1S/C22H23N5O2/c1-29-20-7-3-2-6-18(20)24-21-13-12-19(25-26-21)22(28)23-16-8-10-17(11-9-16)27-14-4-5-15-27/h2-3,6-13H,4-5,14-15H2,1H3,(H,23,28)(H,24,26). The van der Waals surface area contributed by atoms with Gasteiger partial charge in [0.25, 0.3) is 5.91 Å². The third kappa shape index (κ3) is 4.45. The Hall–Kier alpha value is -3.61. The van der Waals surface area contributed by atoms with Crippen LogP contribution in [-0.2, 0) is 0 Å². The molecule has 0 bridgehead atoms. The van der Waals surface area contributed by atoms with E-state index in [0.717, 1.165) is 24.5 Å². The number of anilines is 4. The molecule has 0 spiro atoms. The Kier molecular flexibility index (Phi) is 5.56. The second-order valence-corrected chi connectivity index (χ2v) is 6.82. The second kappa shape index (κ2) is 8.60. The lowest BCUT2D eigenvalue weighted by Crippen LogP contribution is -2.18. The van der Waals surface area contributed by atoms with Crippen molar-refractivity contribution < 1.29 is 9.53 Å². The molecule has 3 aromatic rings. The van der Waals surface area contributed by atoms with Crippen LogP contribution in [0, 0.1) is 0 Å². The first-order valence-corrected chi connectivity index (χ1v) is 9.63. The maximum atomic E-state index is 12.5. The highest BCUT2D eigenvalue weighted by Crippen LogP contribution is 2.26. The van der Waals surface area contributed by atoms with Gasteiger partial charge in [0.05, 0.1) is 12.8 Å². The normalized spacial score (nSPS) is 13.2. The Morgan fingerprint density at radius 2 is 1.72 bits per heavy atom. The predicted octanol–water partition coefficient (Wildman–Crippen LogP) is 4.08. The Bertz CT molecular complexity index is 967. The number of methoxy groups -OCH3 is 1. The van der Waals surface area contributed by atoms with Gasteiger partial charge < -0.3 is 20.3 Å². The molecule has 148 valence electrons. The van der Waals surface area contributed by atoms with E-state index in [4.69, 9.17) is 4.74 Å². The molecule has 1 saturated heterocycles. The van der Waals surface area contributed by atoms with Gasteiger partial charge in [0.2, 0.25) is 0 Å². The third-order valence-corrected chi connectivity index (χ3v) is 4.86. The molecular formula is C22H23N5O2. The zero-order valence-corrected chi connectivity index (χ0v) is 16.3. The van der Waals surface area contributed by atoms with Crippen LogP contribution in [0.15, 0.2) is 60.7 Å². The van der Waals surface area contributed by atoms with Gasteiger partial charge in [-0.2, -0.15) is 0 Å². The minimum Gasteiger partial charge on any atom is -0.495 e. The van der Waals surface area contributed by atoms with E-state index in [-0.39, 0.29) is 11.6 Å². The SMILES string of the molecule is COc1ccccc1Nc1ccc(C(=O)Nc2ccc(N3CCCC3)cc2)nn1. The van der Waals surface area contributed by atoms with Gasteiger partial charge in [-0.3, -0.25) is 4.79 Å². The molecule has 7 nitrogen and oxygen atoms in total. The smallest absolute Gasteiger partial charge is 0.276 e. The van der Waals surface area contributed by atoms with Crippen LogP contribution in [0.4, 0.5) is 22.9 Å². The van der Waals surface area contributed by atoms with Crippen LogP contribution in [0.1, 0.15) is 23.3 Å². The first kappa shape index (κ1) is 18.7. The molecule has 2 N–H and O–H groups in total. The Morgan fingerprint density at radius 1 is 0.966 bits per heavy atom. The second-order valence-electron chi connectivity index (χ2n) is 6.82. The summed E-state index contributed by atoms with van der Waals surface area (Å²) in [7, 11) is 1.61. The van der Waals surface area contributed by atoms with E-state index < -0.39 is 0 Å². The summed E-state index contributed by atoms with van der Waals surface area (Å²) in [6.07, 6.45) is 2.47. The quantitative estimate of drug-likeness (QED) is 0.661. The molecular weight excluding hydrogens is 366 g/mol. The Balaban J connectivity index is 1.39. The van der Waals surface area contributed by atoms with Crippen molar-refractivity contribution in [3.05, 3.63) is 66.4 Å². The van der Waals surface area contributed by atoms with Gasteiger partial charge in [0, 0.05) is 24.5 Å². The molecule has 4 rings (SSSR count). The largest absolute Gasteiger partial charge is 0.495 e. The molecule has 1 fully saturated rings. The van der Waals surface area contributed by atoms with E-state index in [2.05, 4.69) is 25.7 Å². The topological polar surface area (TPSA) is 79.4 Å². The maximum Gasteiger partial charge on any atom is 0.276 e. The number of carbonyl (C=O) groups is 1. The van der Waals surface area contributed by atoms with Gasteiger partial charge in [-0.05, 0) is 61.4 Å². The lowest BCUT2D eigenvalue weighted by Gasteiger charge is -2.17. The minimum atomic E-state index is -0.296. The number of rotatable bonds is 6. The minimum absolute atomic E-state index is 0.249. The predicted molar refractivity (Wildman–Crippen MR) is 114 cm³/mol. The highest BCUT2D eigenvalue weighted by molar-refractivity contribution is 6.02. The molecule has 0 saturated carbocycles. The highest BCUT2D eigenvalue weighted by Gasteiger charge is 2.13. The number of nitrogens with one attached hydrogen (secondary N) is 2. The zero-order valence-electron chi connectivity index (χ0n) is 16.3. The van der Waals surface area contributed by atoms with Crippen LogP contribution in [0.3, 0.4) is 0 Å². The number of nitrogens with zero attached hydrogens (tertiary/aromatic N) is 3. The van der Waals surface area contributed by atoms with Crippen LogP contribution < -0.4 is 20.3 Å². The number of para-hydroxylation sites is 2. The first-order chi connectivity index (χ1) is 14.2. The third-order valence-electron chi connectivity index (χ3n) is 4.86. The highest BCUT2D eigenvalue weighted by atomic mass is 16.5. The molecule has 2 aromatic carbocycles. The lowest BCUT2D eigenvalue weighted by atomic mass is 10.2.